The Labute approximate surface area is 98.3 Å². The summed E-state index contributed by atoms with van der Waals surface area (Å²) in [5.74, 6) is 0.892. The first-order valence-corrected chi connectivity index (χ1v) is 5.77. The summed E-state index contributed by atoms with van der Waals surface area (Å²) < 4.78 is 5.29. The summed E-state index contributed by atoms with van der Waals surface area (Å²) >= 11 is 1.56. The molecule has 0 unspecified atom stereocenters. The first-order valence-electron chi connectivity index (χ1n) is 4.95. The van der Waals surface area contributed by atoms with Crippen LogP contribution in [0.4, 0.5) is 5.13 Å². The SMILES string of the molecule is CNc1nnc(Cc2ccccc2OC)s1. The first-order chi connectivity index (χ1) is 7.83. The number of hydrogen-bond acceptors (Lipinski definition) is 5. The Hall–Kier alpha value is -1.62. The fourth-order valence-corrected chi connectivity index (χ4v) is 2.15. The molecule has 2 rings (SSSR count). The summed E-state index contributed by atoms with van der Waals surface area (Å²) in [4.78, 5) is 0. The largest absolute Gasteiger partial charge is 0.496 e. The number of anilines is 1. The van der Waals surface area contributed by atoms with Crippen molar-refractivity contribution in [2.45, 2.75) is 6.42 Å². The molecule has 0 saturated carbocycles. The summed E-state index contributed by atoms with van der Waals surface area (Å²) in [5.41, 5.74) is 1.13. The van der Waals surface area contributed by atoms with Crippen molar-refractivity contribution in [3.05, 3.63) is 34.8 Å². The molecule has 16 heavy (non-hydrogen) atoms. The lowest BCUT2D eigenvalue weighted by atomic mass is 10.1. The van der Waals surface area contributed by atoms with E-state index in [1.807, 2.05) is 31.3 Å². The lowest BCUT2D eigenvalue weighted by Crippen LogP contribution is -1.92. The van der Waals surface area contributed by atoms with E-state index in [0.717, 1.165) is 27.9 Å². The zero-order valence-electron chi connectivity index (χ0n) is 9.23. The molecular formula is C11H13N3OS. The molecule has 1 heterocycles. The van der Waals surface area contributed by atoms with Gasteiger partial charge in [-0.1, -0.05) is 29.5 Å². The highest BCUT2D eigenvalue weighted by molar-refractivity contribution is 7.15. The Kier molecular flexibility index (Phi) is 3.36. The second-order valence-corrected chi connectivity index (χ2v) is 4.30. The highest BCUT2D eigenvalue weighted by atomic mass is 32.1. The molecule has 0 amide bonds. The monoisotopic (exact) mass is 235 g/mol. The maximum Gasteiger partial charge on any atom is 0.205 e. The molecule has 5 heteroatoms. The van der Waals surface area contributed by atoms with Gasteiger partial charge in [0.15, 0.2) is 0 Å². The van der Waals surface area contributed by atoms with Gasteiger partial charge in [0.05, 0.1) is 7.11 Å². The molecule has 0 atom stereocenters. The van der Waals surface area contributed by atoms with E-state index in [1.165, 1.54) is 0 Å². The number of nitrogens with zero attached hydrogens (tertiary/aromatic N) is 2. The van der Waals surface area contributed by atoms with E-state index in [9.17, 15) is 0 Å². The smallest absolute Gasteiger partial charge is 0.205 e. The van der Waals surface area contributed by atoms with Crippen molar-refractivity contribution >= 4 is 16.5 Å². The van der Waals surface area contributed by atoms with E-state index in [2.05, 4.69) is 15.5 Å². The molecule has 0 bridgehead atoms. The Morgan fingerprint density at radius 3 is 2.81 bits per heavy atom. The van der Waals surface area contributed by atoms with Gasteiger partial charge in [-0.15, -0.1) is 10.2 Å². The molecule has 0 spiro atoms. The second-order valence-electron chi connectivity index (χ2n) is 3.24. The van der Waals surface area contributed by atoms with Crippen LogP contribution in [0.3, 0.4) is 0 Å². The van der Waals surface area contributed by atoms with Crippen LogP contribution in [-0.2, 0) is 6.42 Å². The number of benzene rings is 1. The molecule has 4 nitrogen and oxygen atoms in total. The van der Waals surface area contributed by atoms with Gasteiger partial charge in [0.25, 0.3) is 0 Å². The summed E-state index contributed by atoms with van der Waals surface area (Å²) in [7, 11) is 3.52. The summed E-state index contributed by atoms with van der Waals surface area (Å²) in [5, 5.41) is 12.9. The van der Waals surface area contributed by atoms with Crippen LogP contribution in [-0.4, -0.2) is 24.4 Å². The van der Waals surface area contributed by atoms with Gasteiger partial charge in [-0.25, -0.2) is 0 Å². The Bertz CT molecular complexity index is 470. The molecule has 0 fully saturated rings. The van der Waals surface area contributed by atoms with Crippen molar-refractivity contribution in [2.75, 3.05) is 19.5 Å². The van der Waals surface area contributed by atoms with Crippen molar-refractivity contribution in [1.29, 1.82) is 0 Å². The molecule has 84 valence electrons. The van der Waals surface area contributed by atoms with Gasteiger partial charge >= 0.3 is 0 Å². The lowest BCUT2D eigenvalue weighted by molar-refractivity contribution is 0.410. The number of hydrogen-bond donors (Lipinski definition) is 1. The van der Waals surface area contributed by atoms with E-state index < -0.39 is 0 Å². The zero-order valence-corrected chi connectivity index (χ0v) is 10.0. The third-order valence-corrected chi connectivity index (χ3v) is 3.16. The number of aromatic nitrogens is 2. The standard InChI is InChI=1S/C11H13N3OS/c1-12-11-14-13-10(16-11)7-8-5-3-4-6-9(8)15-2/h3-6H,7H2,1-2H3,(H,12,14). The van der Waals surface area contributed by atoms with Crippen molar-refractivity contribution in [1.82, 2.24) is 10.2 Å². The van der Waals surface area contributed by atoms with Crippen LogP contribution in [0.2, 0.25) is 0 Å². The molecule has 0 aliphatic rings. The van der Waals surface area contributed by atoms with Crippen molar-refractivity contribution in [3.8, 4) is 5.75 Å². The maximum absolute atomic E-state index is 5.29. The number of rotatable bonds is 4. The van der Waals surface area contributed by atoms with Crippen molar-refractivity contribution < 1.29 is 4.74 Å². The minimum Gasteiger partial charge on any atom is -0.496 e. The van der Waals surface area contributed by atoms with E-state index in [-0.39, 0.29) is 0 Å². The Morgan fingerprint density at radius 2 is 2.12 bits per heavy atom. The summed E-state index contributed by atoms with van der Waals surface area (Å²) in [6, 6.07) is 7.95. The van der Waals surface area contributed by atoms with E-state index in [4.69, 9.17) is 4.74 Å². The number of methoxy groups -OCH3 is 1. The quantitative estimate of drug-likeness (QED) is 0.882. The molecule has 0 aliphatic heterocycles. The average molecular weight is 235 g/mol. The minimum absolute atomic E-state index is 0.753. The third-order valence-electron chi connectivity index (χ3n) is 2.21. The van der Waals surface area contributed by atoms with Crippen LogP contribution < -0.4 is 10.1 Å². The topological polar surface area (TPSA) is 47.0 Å². The lowest BCUT2D eigenvalue weighted by Gasteiger charge is -2.05. The fraction of sp³-hybridized carbons (Fsp3) is 0.273. The third kappa shape index (κ3) is 2.30. The highest BCUT2D eigenvalue weighted by Crippen LogP contribution is 2.23. The van der Waals surface area contributed by atoms with Gasteiger partial charge in [0.2, 0.25) is 5.13 Å². The van der Waals surface area contributed by atoms with Gasteiger partial charge < -0.3 is 10.1 Å². The van der Waals surface area contributed by atoms with Gasteiger partial charge in [-0.3, -0.25) is 0 Å². The first kappa shape index (κ1) is 10.9. The van der Waals surface area contributed by atoms with E-state index >= 15 is 0 Å². The highest BCUT2D eigenvalue weighted by Gasteiger charge is 2.07. The maximum atomic E-state index is 5.29. The van der Waals surface area contributed by atoms with Gasteiger partial charge in [0.1, 0.15) is 10.8 Å². The van der Waals surface area contributed by atoms with E-state index in [0.29, 0.717) is 0 Å². The predicted molar refractivity (Wildman–Crippen MR) is 65.3 cm³/mol. The number of ether oxygens (including phenoxy) is 1. The second kappa shape index (κ2) is 4.94. The predicted octanol–water partition coefficient (Wildman–Crippen LogP) is 2.18. The summed E-state index contributed by atoms with van der Waals surface area (Å²) in [6.07, 6.45) is 0.753. The van der Waals surface area contributed by atoms with Crippen LogP contribution >= 0.6 is 11.3 Å². The minimum atomic E-state index is 0.753. The molecule has 1 aromatic heterocycles. The molecular weight excluding hydrogens is 222 g/mol. The summed E-state index contributed by atoms with van der Waals surface area (Å²) in [6.45, 7) is 0. The van der Waals surface area contributed by atoms with Crippen LogP contribution in [0.5, 0.6) is 5.75 Å². The van der Waals surface area contributed by atoms with Gasteiger partial charge in [-0.2, -0.15) is 0 Å². The van der Waals surface area contributed by atoms with Crippen LogP contribution in [0, 0.1) is 0 Å². The average Bonchev–Trinajstić information content (AvgIpc) is 2.77. The van der Waals surface area contributed by atoms with E-state index in [1.54, 1.807) is 18.4 Å². The molecule has 0 saturated heterocycles. The van der Waals surface area contributed by atoms with Crippen LogP contribution in [0.25, 0.3) is 0 Å². The molecule has 2 aromatic rings. The molecule has 0 aliphatic carbocycles. The van der Waals surface area contributed by atoms with Crippen molar-refractivity contribution in [2.24, 2.45) is 0 Å². The van der Waals surface area contributed by atoms with Gasteiger partial charge in [-0.05, 0) is 6.07 Å². The van der Waals surface area contributed by atoms with Crippen LogP contribution in [0.15, 0.2) is 24.3 Å². The Morgan fingerprint density at radius 1 is 1.31 bits per heavy atom. The number of nitrogens with one attached hydrogen (secondary N) is 1. The fourth-order valence-electron chi connectivity index (χ4n) is 1.44. The molecule has 1 aromatic carbocycles. The zero-order chi connectivity index (χ0) is 11.4. The number of para-hydroxylation sites is 1. The normalized spacial score (nSPS) is 10.1. The van der Waals surface area contributed by atoms with Crippen LogP contribution in [0.1, 0.15) is 10.6 Å². The molecule has 1 N–H and O–H groups in total. The molecule has 0 radical (unpaired) electrons. The Balaban J connectivity index is 2.19. The van der Waals surface area contributed by atoms with Crippen molar-refractivity contribution in [3.63, 3.8) is 0 Å². The van der Waals surface area contributed by atoms with Gasteiger partial charge in [0, 0.05) is 19.0 Å².